The number of halogens is 1. The Kier molecular flexibility index (Phi) is 3.55. The fourth-order valence-corrected chi connectivity index (χ4v) is 6.54. The summed E-state index contributed by atoms with van der Waals surface area (Å²) in [6.45, 7) is 9.38. The summed E-state index contributed by atoms with van der Waals surface area (Å²) in [4.78, 5) is 11.9. The predicted octanol–water partition coefficient (Wildman–Crippen LogP) is 5.42. The zero-order chi connectivity index (χ0) is 18.2. The first kappa shape index (κ1) is 17.2. The van der Waals surface area contributed by atoms with Crippen molar-refractivity contribution in [1.82, 2.24) is 0 Å². The van der Waals surface area contributed by atoms with Crippen LogP contribution in [-0.2, 0) is 9.53 Å². The van der Waals surface area contributed by atoms with Gasteiger partial charge in [-0.3, -0.25) is 4.79 Å². The van der Waals surface area contributed by atoms with Gasteiger partial charge in [-0.2, -0.15) is 0 Å². The van der Waals surface area contributed by atoms with Crippen molar-refractivity contribution in [2.24, 2.45) is 22.7 Å². The van der Waals surface area contributed by atoms with Crippen LogP contribution in [0.5, 0.6) is 0 Å². The number of carbonyl (C=O) groups is 1. The molecule has 2 saturated carbocycles. The lowest BCUT2D eigenvalue weighted by molar-refractivity contribution is -0.162. The van der Waals surface area contributed by atoms with Crippen LogP contribution < -0.4 is 0 Å². The van der Waals surface area contributed by atoms with Crippen LogP contribution in [0.3, 0.4) is 0 Å². The van der Waals surface area contributed by atoms with Gasteiger partial charge in [0.05, 0.1) is 5.03 Å². The molecule has 0 aromatic carbocycles. The average molecular weight is 363 g/mol. The molecule has 136 valence electrons. The fraction of sp³-hybridized carbons (Fsp3) is 0.667. The highest BCUT2D eigenvalue weighted by atomic mass is 35.5. The molecule has 0 saturated heterocycles. The van der Waals surface area contributed by atoms with E-state index >= 15 is 0 Å². The van der Waals surface area contributed by atoms with E-state index in [0.717, 1.165) is 12.8 Å². The lowest BCUT2D eigenvalue weighted by Gasteiger charge is -2.62. The van der Waals surface area contributed by atoms with E-state index in [1.54, 1.807) is 0 Å². The normalized spacial score (nSPS) is 42.5. The van der Waals surface area contributed by atoms with Crippen molar-refractivity contribution in [2.45, 2.75) is 65.4 Å². The average Bonchev–Trinajstić information content (AvgIpc) is 2.50. The van der Waals surface area contributed by atoms with Gasteiger partial charge in [-0.1, -0.05) is 44.9 Å². The topological polar surface area (TPSA) is 46.5 Å². The third kappa shape index (κ3) is 2.27. The molecular weight excluding hydrogens is 336 g/mol. The van der Waals surface area contributed by atoms with Crippen LogP contribution in [0, 0.1) is 22.7 Å². The second kappa shape index (κ2) is 5.16. The van der Waals surface area contributed by atoms with E-state index in [2.05, 4.69) is 33.8 Å². The van der Waals surface area contributed by atoms with E-state index in [-0.39, 0.29) is 27.7 Å². The number of hydrogen-bond donors (Lipinski definition) is 1. The molecule has 0 bridgehead atoms. The van der Waals surface area contributed by atoms with Gasteiger partial charge < -0.3 is 9.84 Å². The van der Waals surface area contributed by atoms with Gasteiger partial charge in [0, 0.05) is 17.6 Å². The van der Waals surface area contributed by atoms with E-state index in [0.29, 0.717) is 22.7 Å². The molecule has 4 heteroatoms. The van der Waals surface area contributed by atoms with E-state index < -0.39 is 5.78 Å². The minimum absolute atomic E-state index is 0.130. The summed E-state index contributed by atoms with van der Waals surface area (Å²) >= 11 is 6.31. The molecule has 0 radical (unpaired) electrons. The van der Waals surface area contributed by atoms with Crippen molar-refractivity contribution in [3.8, 4) is 0 Å². The van der Waals surface area contributed by atoms with Crippen molar-refractivity contribution < 1.29 is 14.6 Å². The summed E-state index contributed by atoms with van der Waals surface area (Å²) in [5.41, 5.74) is 0.833. The first-order chi connectivity index (χ1) is 11.6. The van der Waals surface area contributed by atoms with Crippen LogP contribution >= 0.6 is 11.6 Å². The Morgan fingerprint density at radius 3 is 2.64 bits per heavy atom. The number of rotatable bonds is 0. The third-order valence-corrected chi connectivity index (χ3v) is 7.84. The summed E-state index contributed by atoms with van der Waals surface area (Å²) in [7, 11) is 0. The van der Waals surface area contributed by atoms with Crippen molar-refractivity contribution in [1.29, 1.82) is 0 Å². The molecule has 2 fully saturated rings. The number of carbonyl (C=O) groups excluding carboxylic acids is 1. The van der Waals surface area contributed by atoms with Gasteiger partial charge in [0.2, 0.25) is 5.78 Å². The second-order valence-electron chi connectivity index (χ2n) is 9.45. The highest BCUT2D eigenvalue weighted by Gasteiger charge is 2.60. The molecule has 0 aromatic rings. The van der Waals surface area contributed by atoms with Crippen molar-refractivity contribution in [2.75, 3.05) is 0 Å². The largest absolute Gasteiger partial charge is 0.503 e. The lowest BCUT2D eigenvalue weighted by atomic mass is 9.45. The molecule has 0 spiro atoms. The van der Waals surface area contributed by atoms with Gasteiger partial charge in [0.1, 0.15) is 11.4 Å². The summed E-state index contributed by atoms with van der Waals surface area (Å²) < 4.78 is 6.40. The molecule has 1 unspecified atom stereocenters. The molecule has 0 aromatic heterocycles. The molecule has 4 rings (SSSR count). The minimum atomic E-state index is -0.474. The summed E-state index contributed by atoms with van der Waals surface area (Å²) in [6, 6.07) is 0. The molecule has 25 heavy (non-hydrogen) atoms. The SMILES string of the molecule is CC1(C)CCC[C@@]2(C)C1CC[C@]1(C)OC3=CC(=O)C(O)=C(Cl)C3=C[C@H]21. The maximum Gasteiger partial charge on any atom is 0.225 e. The first-order valence-electron chi connectivity index (χ1n) is 9.35. The van der Waals surface area contributed by atoms with Gasteiger partial charge in [-0.05, 0) is 49.4 Å². The fourth-order valence-electron chi connectivity index (χ4n) is 6.29. The van der Waals surface area contributed by atoms with Gasteiger partial charge in [-0.15, -0.1) is 0 Å². The zero-order valence-corrected chi connectivity index (χ0v) is 16.2. The third-order valence-electron chi connectivity index (χ3n) is 7.46. The Morgan fingerprint density at radius 1 is 1.20 bits per heavy atom. The molecule has 1 heterocycles. The second-order valence-corrected chi connectivity index (χ2v) is 9.83. The molecule has 3 nitrogen and oxygen atoms in total. The quantitative estimate of drug-likeness (QED) is 0.625. The van der Waals surface area contributed by atoms with Gasteiger partial charge >= 0.3 is 0 Å². The van der Waals surface area contributed by atoms with E-state index in [4.69, 9.17) is 16.3 Å². The number of hydrogen-bond acceptors (Lipinski definition) is 3. The molecule has 0 amide bonds. The van der Waals surface area contributed by atoms with Crippen molar-refractivity contribution >= 4 is 17.4 Å². The number of aliphatic hydroxyl groups is 1. The Balaban J connectivity index is 1.85. The predicted molar refractivity (Wildman–Crippen MR) is 98.1 cm³/mol. The summed E-state index contributed by atoms with van der Waals surface area (Å²) in [5, 5.41) is 10.1. The van der Waals surface area contributed by atoms with Crippen molar-refractivity contribution in [3.05, 3.63) is 34.3 Å². The summed E-state index contributed by atoms with van der Waals surface area (Å²) in [5.74, 6) is 0.534. The molecule has 1 N–H and O–H groups in total. The zero-order valence-electron chi connectivity index (χ0n) is 15.5. The number of allylic oxidation sites excluding steroid dienone is 2. The number of ketones is 1. The maximum atomic E-state index is 11.9. The van der Waals surface area contributed by atoms with Crippen LogP contribution in [0.4, 0.5) is 0 Å². The smallest absolute Gasteiger partial charge is 0.225 e. The molecule has 4 aliphatic rings. The van der Waals surface area contributed by atoms with Gasteiger partial charge in [0.25, 0.3) is 0 Å². The Labute approximate surface area is 154 Å². The molecule has 4 atom stereocenters. The van der Waals surface area contributed by atoms with E-state index in [9.17, 15) is 9.90 Å². The maximum absolute atomic E-state index is 11.9. The summed E-state index contributed by atoms with van der Waals surface area (Å²) in [6.07, 6.45) is 9.38. The Hall–Kier alpha value is -1.22. The lowest BCUT2D eigenvalue weighted by Crippen LogP contribution is -2.59. The number of fused-ring (bicyclic) bond motifs is 4. The van der Waals surface area contributed by atoms with Crippen LogP contribution in [0.25, 0.3) is 0 Å². The Bertz CT molecular complexity index is 744. The standard InChI is InChI=1S/C21H27ClO3/c1-19(2)7-5-8-20(3)15(19)6-9-21(4)16(20)10-12-14(25-21)11-13(23)18(24)17(12)22/h10-11,15-16,24H,5-9H2,1-4H3/t15?,16-,20+,21+/m1/s1. The van der Waals surface area contributed by atoms with E-state index in [1.165, 1.54) is 25.3 Å². The molecule has 3 aliphatic carbocycles. The minimum Gasteiger partial charge on any atom is -0.503 e. The van der Waals surface area contributed by atoms with Gasteiger partial charge in [-0.25, -0.2) is 0 Å². The first-order valence-corrected chi connectivity index (χ1v) is 9.73. The highest BCUT2D eigenvalue weighted by molar-refractivity contribution is 6.35. The van der Waals surface area contributed by atoms with Crippen molar-refractivity contribution in [3.63, 3.8) is 0 Å². The molecule has 1 aliphatic heterocycles. The number of ether oxygens (including phenoxy) is 1. The van der Waals surface area contributed by atoms with Crippen LogP contribution in [0.2, 0.25) is 0 Å². The molecular formula is C21H27ClO3. The van der Waals surface area contributed by atoms with E-state index in [1.807, 2.05) is 0 Å². The highest BCUT2D eigenvalue weighted by Crippen LogP contribution is 2.65. The van der Waals surface area contributed by atoms with Crippen LogP contribution in [-0.4, -0.2) is 16.5 Å². The van der Waals surface area contributed by atoms with Crippen LogP contribution in [0.15, 0.2) is 34.3 Å². The van der Waals surface area contributed by atoms with Gasteiger partial charge in [0.15, 0.2) is 5.76 Å². The number of aliphatic hydroxyl groups excluding tert-OH is 1. The van der Waals surface area contributed by atoms with Crippen LogP contribution in [0.1, 0.15) is 59.8 Å². The monoisotopic (exact) mass is 362 g/mol. The Morgan fingerprint density at radius 2 is 1.92 bits per heavy atom.